The van der Waals surface area contributed by atoms with E-state index in [4.69, 9.17) is 10.5 Å². The number of carbonyl (C=O) groups is 4. The number of unbranched alkanes of at least 4 members (excludes halogenated alkanes) is 5. The number of benzene rings is 1. The third-order valence-electron chi connectivity index (χ3n) is 7.09. The lowest BCUT2D eigenvalue weighted by molar-refractivity contribution is -0.143. The molecule has 0 bridgehead atoms. The van der Waals surface area contributed by atoms with E-state index in [1.807, 2.05) is 39.0 Å². The molecule has 0 heterocycles. The highest BCUT2D eigenvalue weighted by molar-refractivity contribution is 5.92. The first kappa shape index (κ1) is 36.9. The van der Waals surface area contributed by atoms with Crippen molar-refractivity contribution in [2.45, 2.75) is 143 Å². The summed E-state index contributed by atoms with van der Waals surface area (Å²) in [5.74, 6) is -1.30. The molecule has 9 nitrogen and oxygen atoms in total. The van der Waals surface area contributed by atoms with E-state index in [9.17, 15) is 19.2 Å². The normalized spacial score (nSPS) is 13.5. The first-order valence-electron chi connectivity index (χ1n) is 15.7. The van der Waals surface area contributed by atoms with Gasteiger partial charge in [0.25, 0.3) is 0 Å². The van der Waals surface area contributed by atoms with Crippen molar-refractivity contribution in [3.8, 4) is 0 Å². The van der Waals surface area contributed by atoms with E-state index in [1.165, 1.54) is 0 Å². The third kappa shape index (κ3) is 13.7. The molecule has 0 saturated carbocycles. The first-order chi connectivity index (χ1) is 19.7. The van der Waals surface area contributed by atoms with Gasteiger partial charge in [-0.2, -0.15) is 0 Å². The molecule has 0 aromatic heterocycles. The molecule has 4 amide bonds. The lowest BCUT2D eigenvalue weighted by atomic mass is 9.95. The minimum absolute atomic E-state index is 0.00609. The molecular formula is C33H56N4O5. The zero-order valence-electron chi connectivity index (χ0n) is 27.3. The fourth-order valence-corrected chi connectivity index (χ4v) is 5.03. The maximum Gasteiger partial charge on any atom is 0.408 e. The Morgan fingerprint density at radius 3 is 2.14 bits per heavy atom. The number of amides is 4. The predicted octanol–water partition coefficient (Wildman–Crippen LogP) is 6.00. The molecule has 1 aromatic carbocycles. The summed E-state index contributed by atoms with van der Waals surface area (Å²) in [6.45, 7) is 15.6. The molecule has 238 valence electrons. The van der Waals surface area contributed by atoms with Gasteiger partial charge in [0.15, 0.2) is 0 Å². The summed E-state index contributed by atoms with van der Waals surface area (Å²) < 4.78 is 5.43. The topological polar surface area (TPSA) is 131 Å². The van der Waals surface area contributed by atoms with Crippen molar-refractivity contribution in [1.82, 2.24) is 15.5 Å². The van der Waals surface area contributed by atoms with Gasteiger partial charge in [0.05, 0.1) is 0 Å². The van der Waals surface area contributed by atoms with Gasteiger partial charge in [-0.25, -0.2) is 4.79 Å². The Kier molecular flexibility index (Phi) is 16.2. The Morgan fingerprint density at radius 2 is 1.57 bits per heavy atom. The molecule has 1 aromatic rings. The summed E-state index contributed by atoms with van der Waals surface area (Å²) in [5, 5.41) is 5.78. The van der Waals surface area contributed by atoms with Gasteiger partial charge in [0.2, 0.25) is 17.7 Å². The van der Waals surface area contributed by atoms with Gasteiger partial charge >= 0.3 is 6.09 Å². The van der Waals surface area contributed by atoms with Crippen LogP contribution < -0.4 is 16.4 Å². The van der Waals surface area contributed by atoms with Gasteiger partial charge in [0, 0.05) is 19.0 Å². The number of alkyl carbamates (subject to hydrolysis) is 1. The van der Waals surface area contributed by atoms with Crippen LogP contribution in [0, 0.1) is 13.8 Å². The summed E-state index contributed by atoms with van der Waals surface area (Å²) in [6, 6.07) is 3.76. The standard InChI is InChI=1S/C33H56N4O5/c1-9-11-12-13-14-15-21-37(31(40)27(19-20-28(34)38)36-32(41)42-33(6,7)8)29(30(39)35-25(5)16-10-2)26-18-17-23(3)22-24(26)4/h17-18,22,25,27,29H,9-16,19-21H2,1-8H3,(H2,34,38)(H,35,39)(H,36,41). The molecule has 0 radical (unpaired) electrons. The van der Waals surface area contributed by atoms with Crippen LogP contribution in [0.2, 0.25) is 0 Å². The first-order valence-corrected chi connectivity index (χ1v) is 15.7. The van der Waals surface area contributed by atoms with Crippen LogP contribution in [0.1, 0.15) is 128 Å². The molecule has 0 fully saturated rings. The summed E-state index contributed by atoms with van der Waals surface area (Å²) in [5.41, 5.74) is 7.33. The molecule has 9 heteroatoms. The van der Waals surface area contributed by atoms with Crippen LogP contribution in [-0.4, -0.2) is 52.9 Å². The highest BCUT2D eigenvalue weighted by atomic mass is 16.6. The van der Waals surface area contributed by atoms with E-state index in [0.29, 0.717) is 13.0 Å². The number of nitrogens with two attached hydrogens (primary N) is 1. The Hall–Kier alpha value is -3.10. The van der Waals surface area contributed by atoms with Crippen LogP contribution in [0.15, 0.2) is 18.2 Å². The van der Waals surface area contributed by atoms with Gasteiger partial charge in [-0.3, -0.25) is 14.4 Å². The van der Waals surface area contributed by atoms with Gasteiger partial charge < -0.3 is 26.0 Å². The second-order valence-electron chi connectivity index (χ2n) is 12.5. The molecule has 42 heavy (non-hydrogen) atoms. The van der Waals surface area contributed by atoms with Crippen LogP contribution in [-0.2, 0) is 19.1 Å². The number of rotatable bonds is 18. The lowest BCUT2D eigenvalue weighted by Crippen LogP contribution is -2.54. The van der Waals surface area contributed by atoms with E-state index in [1.54, 1.807) is 25.7 Å². The minimum Gasteiger partial charge on any atom is -0.444 e. The largest absolute Gasteiger partial charge is 0.444 e. The van der Waals surface area contributed by atoms with Gasteiger partial charge in [-0.05, 0) is 71.9 Å². The smallest absolute Gasteiger partial charge is 0.408 e. The Bertz CT molecular complexity index is 1020. The maximum absolute atomic E-state index is 14.4. The number of nitrogens with one attached hydrogen (secondary N) is 2. The van der Waals surface area contributed by atoms with Crippen LogP contribution in [0.5, 0.6) is 0 Å². The number of hydrogen-bond donors (Lipinski definition) is 3. The second-order valence-corrected chi connectivity index (χ2v) is 12.5. The van der Waals surface area contributed by atoms with Crippen molar-refractivity contribution in [2.24, 2.45) is 5.73 Å². The van der Waals surface area contributed by atoms with E-state index in [2.05, 4.69) is 24.5 Å². The molecule has 0 aliphatic heterocycles. The zero-order valence-corrected chi connectivity index (χ0v) is 27.3. The van der Waals surface area contributed by atoms with Crippen molar-refractivity contribution >= 4 is 23.8 Å². The minimum atomic E-state index is -1.10. The SMILES string of the molecule is CCCCCCCCN(C(=O)C(CCC(N)=O)NC(=O)OC(C)(C)C)C(C(=O)NC(C)CCC)c1ccc(C)cc1C. The number of aryl methyl sites for hydroxylation is 2. The van der Waals surface area contributed by atoms with E-state index < -0.39 is 35.6 Å². The van der Waals surface area contributed by atoms with Crippen molar-refractivity contribution < 1.29 is 23.9 Å². The molecule has 0 saturated heterocycles. The van der Waals surface area contributed by atoms with Gasteiger partial charge in [-0.1, -0.05) is 76.1 Å². The fourth-order valence-electron chi connectivity index (χ4n) is 5.03. The molecule has 3 atom stereocenters. The lowest BCUT2D eigenvalue weighted by Gasteiger charge is -2.36. The molecule has 4 N–H and O–H groups in total. The van der Waals surface area contributed by atoms with Crippen LogP contribution in [0.3, 0.4) is 0 Å². The zero-order chi connectivity index (χ0) is 31.9. The van der Waals surface area contributed by atoms with Gasteiger partial charge in [-0.15, -0.1) is 0 Å². The molecule has 3 unspecified atom stereocenters. The maximum atomic E-state index is 14.4. The van der Waals surface area contributed by atoms with Crippen LogP contribution in [0.25, 0.3) is 0 Å². The Balaban J connectivity index is 3.56. The predicted molar refractivity (Wildman–Crippen MR) is 168 cm³/mol. The highest BCUT2D eigenvalue weighted by Crippen LogP contribution is 2.28. The fraction of sp³-hybridized carbons (Fsp3) is 0.697. The number of ether oxygens (including phenoxy) is 1. The Labute approximate surface area is 253 Å². The van der Waals surface area contributed by atoms with Crippen molar-refractivity contribution in [3.63, 3.8) is 0 Å². The van der Waals surface area contributed by atoms with Gasteiger partial charge in [0.1, 0.15) is 17.7 Å². The van der Waals surface area contributed by atoms with E-state index in [0.717, 1.165) is 61.6 Å². The third-order valence-corrected chi connectivity index (χ3v) is 7.09. The van der Waals surface area contributed by atoms with Crippen LogP contribution >= 0.6 is 0 Å². The second kappa shape index (κ2) is 18.4. The summed E-state index contributed by atoms with van der Waals surface area (Å²) in [6.07, 6.45) is 6.86. The summed E-state index contributed by atoms with van der Waals surface area (Å²) in [7, 11) is 0. The van der Waals surface area contributed by atoms with E-state index >= 15 is 0 Å². The molecule has 1 rings (SSSR count). The van der Waals surface area contributed by atoms with Crippen LogP contribution in [0.4, 0.5) is 4.79 Å². The van der Waals surface area contributed by atoms with Crippen molar-refractivity contribution in [1.29, 1.82) is 0 Å². The summed E-state index contributed by atoms with van der Waals surface area (Å²) in [4.78, 5) is 54.4. The number of nitrogens with zero attached hydrogens (tertiary/aromatic N) is 1. The monoisotopic (exact) mass is 588 g/mol. The van der Waals surface area contributed by atoms with Crippen molar-refractivity contribution in [2.75, 3.05) is 6.54 Å². The van der Waals surface area contributed by atoms with Crippen molar-refractivity contribution in [3.05, 3.63) is 34.9 Å². The molecule has 0 aliphatic rings. The molecule has 0 spiro atoms. The summed E-state index contributed by atoms with van der Waals surface area (Å²) >= 11 is 0. The number of hydrogen-bond acceptors (Lipinski definition) is 5. The average molecular weight is 589 g/mol. The molecular weight excluding hydrogens is 532 g/mol. The number of primary amides is 1. The average Bonchev–Trinajstić information content (AvgIpc) is 2.87. The Morgan fingerprint density at radius 1 is 0.929 bits per heavy atom. The highest BCUT2D eigenvalue weighted by Gasteiger charge is 2.37. The molecule has 0 aliphatic carbocycles. The van der Waals surface area contributed by atoms with E-state index in [-0.39, 0.29) is 24.8 Å². The quantitative estimate of drug-likeness (QED) is 0.181. The number of carbonyl (C=O) groups excluding carboxylic acids is 4.